The van der Waals surface area contributed by atoms with Gasteiger partial charge in [0.25, 0.3) is 0 Å². The molecule has 0 spiro atoms. The van der Waals surface area contributed by atoms with E-state index in [4.69, 9.17) is 5.73 Å². The molecule has 0 bridgehead atoms. The molecular formula is C14H13BrIN3. The van der Waals surface area contributed by atoms with Crippen molar-refractivity contribution in [3.8, 4) is 0 Å². The first kappa shape index (κ1) is 14.3. The highest BCUT2D eigenvalue weighted by Crippen LogP contribution is 2.24. The maximum atomic E-state index is 5.89. The summed E-state index contributed by atoms with van der Waals surface area (Å²) in [5.41, 5.74) is 7.94. The predicted octanol–water partition coefficient (Wildman–Crippen LogP) is 3.98. The zero-order chi connectivity index (χ0) is 13.7. The Morgan fingerprint density at radius 1 is 1.21 bits per heavy atom. The van der Waals surface area contributed by atoms with Crippen LogP contribution in [0, 0.1) is 3.57 Å². The molecule has 0 aliphatic heterocycles. The van der Waals surface area contributed by atoms with Gasteiger partial charge in [-0.05, 0) is 62.3 Å². The van der Waals surface area contributed by atoms with E-state index in [9.17, 15) is 0 Å². The smallest absolute Gasteiger partial charge is 0.193 e. The molecule has 0 aromatic heterocycles. The summed E-state index contributed by atoms with van der Waals surface area (Å²) in [5.74, 6) is 0.409. The van der Waals surface area contributed by atoms with Crippen molar-refractivity contribution in [3.05, 3.63) is 62.1 Å². The van der Waals surface area contributed by atoms with Crippen LogP contribution in [0.1, 0.15) is 5.56 Å². The van der Waals surface area contributed by atoms with Gasteiger partial charge in [-0.1, -0.05) is 30.3 Å². The molecular weight excluding hydrogens is 417 g/mol. The quantitative estimate of drug-likeness (QED) is 0.440. The minimum Gasteiger partial charge on any atom is -0.370 e. The van der Waals surface area contributed by atoms with Gasteiger partial charge in [0.05, 0.1) is 12.2 Å². The number of benzene rings is 2. The van der Waals surface area contributed by atoms with Crippen LogP contribution in [0.3, 0.4) is 0 Å². The fourth-order valence-corrected chi connectivity index (χ4v) is 2.37. The van der Waals surface area contributed by atoms with Crippen molar-refractivity contribution in [2.75, 3.05) is 5.32 Å². The number of nitrogens with two attached hydrogens (primary N) is 1. The second-order valence-electron chi connectivity index (χ2n) is 3.94. The Morgan fingerprint density at radius 3 is 2.68 bits per heavy atom. The van der Waals surface area contributed by atoms with Gasteiger partial charge >= 0.3 is 0 Å². The van der Waals surface area contributed by atoms with Crippen molar-refractivity contribution in [2.24, 2.45) is 10.7 Å². The Labute approximate surface area is 134 Å². The summed E-state index contributed by atoms with van der Waals surface area (Å²) in [4.78, 5) is 4.32. The van der Waals surface area contributed by atoms with Gasteiger partial charge in [-0.25, -0.2) is 4.99 Å². The number of hydrogen-bond donors (Lipinski definition) is 2. The molecule has 3 nitrogen and oxygen atoms in total. The topological polar surface area (TPSA) is 50.4 Å². The molecule has 0 fully saturated rings. The van der Waals surface area contributed by atoms with Crippen LogP contribution in [0.2, 0.25) is 0 Å². The monoisotopic (exact) mass is 429 g/mol. The van der Waals surface area contributed by atoms with Gasteiger partial charge in [0.2, 0.25) is 0 Å². The van der Waals surface area contributed by atoms with E-state index in [1.165, 1.54) is 0 Å². The third kappa shape index (κ3) is 4.50. The number of halogens is 2. The molecule has 2 rings (SSSR count). The lowest BCUT2D eigenvalue weighted by Crippen LogP contribution is -2.22. The van der Waals surface area contributed by atoms with Gasteiger partial charge in [-0.15, -0.1) is 0 Å². The summed E-state index contributed by atoms with van der Waals surface area (Å²) >= 11 is 5.74. The van der Waals surface area contributed by atoms with Crippen LogP contribution in [-0.4, -0.2) is 5.96 Å². The van der Waals surface area contributed by atoms with Crippen LogP contribution >= 0.6 is 38.5 Å². The maximum absolute atomic E-state index is 5.89. The summed E-state index contributed by atoms with van der Waals surface area (Å²) in [5, 5.41) is 3.10. The van der Waals surface area contributed by atoms with E-state index < -0.39 is 0 Å². The summed E-state index contributed by atoms with van der Waals surface area (Å²) in [6.45, 7) is 0.571. The molecule has 0 unspecified atom stereocenters. The molecule has 0 aliphatic rings. The van der Waals surface area contributed by atoms with Crippen LogP contribution in [0.15, 0.2) is 58.0 Å². The molecule has 3 N–H and O–H groups in total. The molecule has 0 atom stereocenters. The SMILES string of the molecule is NC(=NCc1ccccc1)Nc1cc(I)ccc1Br. The molecule has 2 aromatic rings. The fourth-order valence-electron chi connectivity index (χ4n) is 1.53. The summed E-state index contributed by atoms with van der Waals surface area (Å²) in [6, 6.07) is 16.0. The van der Waals surface area contributed by atoms with Crippen molar-refractivity contribution >= 4 is 50.2 Å². The minimum atomic E-state index is 0.409. The van der Waals surface area contributed by atoms with Crippen LogP contribution in [-0.2, 0) is 6.54 Å². The van der Waals surface area contributed by atoms with Gasteiger partial charge in [-0.3, -0.25) is 0 Å². The number of hydrogen-bond acceptors (Lipinski definition) is 1. The van der Waals surface area contributed by atoms with E-state index in [0.717, 1.165) is 19.3 Å². The number of rotatable bonds is 3. The highest BCUT2D eigenvalue weighted by molar-refractivity contribution is 14.1. The molecule has 98 valence electrons. The molecule has 0 aliphatic carbocycles. The molecule has 2 aromatic carbocycles. The Kier molecular flexibility index (Phi) is 5.21. The number of aliphatic imine (C=N–C) groups is 1. The second-order valence-corrected chi connectivity index (χ2v) is 6.04. The van der Waals surface area contributed by atoms with E-state index in [1.807, 2.05) is 48.5 Å². The third-order valence-corrected chi connectivity index (χ3v) is 3.83. The van der Waals surface area contributed by atoms with Crippen molar-refractivity contribution in [1.29, 1.82) is 0 Å². The first-order valence-electron chi connectivity index (χ1n) is 5.71. The van der Waals surface area contributed by atoms with E-state index in [2.05, 4.69) is 48.8 Å². The number of nitrogens with zero attached hydrogens (tertiary/aromatic N) is 1. The Balaban J connectivity index is 2.04. The van der Waals surface area contributed by atoms with Crippen LogP contribution in [0.25, 0.3) is 0 Å². The Morgan fingerprint density at radius 2 is 1.95 bits per heavy atom. The molecule has 19 heavy (non-hydrogen) atoms. The molecule has 5 heteroatoms. The largest absolute Gasteiger partial charge is 0.370 e. The molecule has 0 radical (unpaired) electrons. The lowest BCUT2D eigenvalue weighted by molar-refractivity contribution is 1.06. The predicted molar refractivity (Wildman–Crippen MR) is 92.3 cm³/mol. The summed E-state index contributed by atoms with van der Waals surface area (Å²) in [7, 11) is 0. The second kappa shape index (κ2) is 6.91. The van der Waals surface area contributed by atoms with Crippen LogP contribution in [0.4, 0.5) is 5.69 Å². The summed E-state index contributed by atoms with van der Waals surface area (Å²) < 4.78 is 2.10. The van der Waals surface area contributed by atoms with Crippen molar-refractivity contribution in [3.63, 3.8) is 0 Å². The van der Waals surface area contributed by atoms with Crippen LogP contribution < -0.4 is 11.1 Å². The minimum absolute atomic E-state index is 0.409. The average Bonchev–Trinajstić information content (AvgIpc) is 2.42. The molecule has 0 heterocycles. The van der Waals surface area contributed by atoms with Crippen LogP contribution in [0.5, 0.6) is 0 Å². The lowest BCUT2D eigenvalue weighted by Gasteiger charge is -2.08. The van der Waals surface area contributed by atoms with E-state index in [0.29, 0.717) is 12.5 Å². The zero-order valence-corrected chi connectivity index (χ0v) is 13.8. The maximum Gasteiger partial charge on any atom is 0.193 e. The normalized spacial score (nSPS) is 11.4. The fraction of sp³-hybridized carbons (Fsp3) is 0.0714. The number of guanidine groups is 1. The van der Waals surface area contributed by atoms with E-state index >= 15 is 0 Å². The Hall–Kier alpha value is -1.08. The standard InChI is InChI=1S/C14H13BrIN3/c15-12-7-6-11(16)8-13(12)19-14(17)18-9-10-4-2-1-3-5-10/h1-8H,9H2,(H3,17,18,19). The van der Waals surface area contributed by atoms with Gasteiger partial charge < -0.3 is 11.1 Å². The number of anilines is 1. The first-order valence-corrected chi connectivity index (χ1v) is 7.58. The third-order valence-electron chi connectivity index (χ3n) is 2.47. The zero-order valence-electron chi connectivity index (χ0n) is 10.1. The van der Waals surface area contributed by atoms with E-state index in [1.54, 1.807) is 0 Å². The molecule has 0 amide bonds. The lowest BCUT2D eigenvalue weighted by atomic mass is 10.2. The van der Waals surface area contributed by atoms with Gasteiger partial charge in [0.1, 0.15) is 0 Å². The first-order chi connectivity index (χ1) is 9.15. The van der Waals surface area contributed by atoms with Crippen molar-refractivity contribution in [2.45, 2.75) is 6.54 Å². The number of nitrogens with one attached hydrogen (secondary N) is 1. The van der Waals surface area contributed by atoms with Crippen molar-refractivity contribution in [1.82, 2.24) is 0 Å². The highest BCUT2D eigenvalue weighted by Gasteiger charge is 2.01. The van der Waals surface area contributed by atoms with Gasteiger partial charge in [0, 0.05) is 8.04 Å². The molecule has 0 saturated carbocycles. The average molecular weight is 430 g/mol. The summed E-state index contributed by atoms with van der Waals surface area (Å²) in [6.07, 6.45) is 0. The van der Waals surface area contributed by atoms with Crippen molar-refractivity contribution < 1.29 is 0 Å². The highest BCUT2D eigenvalue weighted by atomic mass is 127. The van der Waals surface area contributed by atoms with Gasteiger partial charge in [0.15, 0.2) is 5.96 Å². The molecule has 0 saturated heterocycles. The van der Waals surface area contributed by atoms with E-state index in [-0.39, 0.29) is 0 Å². The van der Waals surface area contributed by atoms with Gasteiger partial charge in [-0.2, -0.15) is 0 Å². The Bertz CT molecular complexity index is 584.